The summed E-state index contributed by atoms with van der Waals surface area (Å²) in [6, 6.07) is 17.4. The number of hydrogen-bond donors (Lipinski definition) is 3. The summed E-state index contributed by atoms with van der Waals surface area (Å²) in [5.74, 6) is -0.876. The van der Waals surface area contributed by atoms with E-state index in [0.29, 0.717) is 16.1 Å². The van der Waals surface area contributed by atoms with Crippen LogP contribution in [0.3, 0.4) is 0 Å². The Kier molecular flexibility index (Phi) is 7.33. The van der Waals surface area contributed by atoms with Crippen LogP contribution in [0.4, 0.5) is 0 Å². The molecule has 0 aliphatic carbocycles. The third kappa shape index (κ3) is 5.76. The summed E-state index contributed by atoms with van der Waals surface area (Å²) in [5.41, 5.74) is 6.82. The summed E-state index contributed by atoms with van der Waals surface area (Å²) < 4.78 is 29.6. The highest BCUT2D eigenvalue weighted by molar-refractivity contribution is 7.90. The summed E-state index contributed by atoms with van der Waals surface area (Å²) in [6.45, 7) is 7.79. The largest absolute Gasteiger partial charge is 0.507 e. The number of halogens is 1. The normalized spacial score (nSPS) is 12.3. The summed E-state index contributed by atoms with van der Waals surface area (Å²) in [4.78, 5) is 12.8. The molecule has 0 radical (unpaired) electrons. The molecule has 3 rings (SSSR count). The molecule has 0 aromatic heterocycles. The second kappa shape index (κ2) is 9.87. The Bertz CT molecular complexity index is 1330. The summed E-state index contributed by atoms with van der Waals surface area (Å²) in [5, 5.41) is 11.0. The predicted molar refractivity (Wildman–Crippen MR) is 134 cm³/mol. The number of sulfonamides is 1. The number of phenols is 1. The number of nitrogens with zero attached hydrogens (tertiary/aromatic N) is 1. The quantitative estimate of drug-likeness (QED) is 0.273. The van der Waals surface area contributed by atoms with Gasteiger partial charge in [-0.15, -0.1) is 4.40 Å². The number of hydrazine groups is 1. The van der Waals surface area contributed by atoms with E-state index < -0.39 is 15.9 Å². The van der Waals surface area contributed by atoms with Crippen molar-refractivity contribution in [3.05, 3.63) is 94.0 Å². The van der Waals surface area contributed by atoms with E-state index in [4.69, 9.17) is 11.6 Å². The molecule has 178 valence electrons. The molecule has 0 unspecified atom stereocenters. The van der Waals surface area contributed by atoms with Gasteiger partial charge in [0, 0.05) is 10.6 Å². The number of amidine groups is 1. The first-order valence-corrected chi connectivity index (χ1v) is 12.3. The maximum absolute atomic E-state index is 12.8. The highest BCUT2D eigenvalue weighted by Gasteiger charge is 2.22. The maximum Gasteiger partial charge on any atom is 0.284 e. The molecule has 3 aromatic rings. The van der Waals surface area contributed by atoms with Crippen molar-refractivity contribution in [3.63, 3.8) is 0 Å². The topological polar surface area (TPSA) is 108 Å². The van der Waals surface area contributed by atoms with Gasteiger partial charge in [-0.2, -0.15) is 8.42 Å². The summed E-state index contributed by atoms with van der Waals surface area (Å²) in [7, 11) is -4.11. The van der Waals surface area contributed by atoms with Crippen LogP contribution in [-0.2, 0) is 15.4 Å². The Morgan fingerprint density at radius 1 is 0.941 bits per heavy atom. The van der Waals surface area contributed by atoms with Crippen LogP contribution < -0.4 is 10.9 Å². The first kappa shape index (κ1) is 25.3. The lowest BCUT2D eigenvalue weighted by atomic mass is 9.83. The van der Waals surface area contributed by atoms with Gasteiger partial charge in [0.15, 0.2) is 5.84 Å². The molecule has 3 aromatic carbocycles. The van der Waals surface area contributed by atoms with Crippen molar-refractivity contribution in [2.24, 2.45) is 4.40 Å². The lowest BCUT2D eigenvalue weighted by Crippen LogP contribution is -2.42. The molecular formula is C25H26ClN3O4S. The zero-order chi connectivity index (χ0) is 25.1. The number of phenolic OH excluding ortho intramolecular Hbond substituents is 1. The van der Waals surface area contributed by atoms with Crippen molar-refractivity contribution in [2.45, 2.75) is 38.0 Å². The van der Waals surface area contributed by atoms with Crippen LogP contribution >= 0.6 is 11.6 Å². The van der Waals surface area contributed by atoms with Crippen molar-refractivity contribution in [1.82, 2.24) is 10.9 Å². The molecule has 0 aliphatic heterocycles. The van der Waals surface area contributed by atoms with Gasteiger partial charge in [-0.05, 0) is 53.8 Å². The third-order valence-electron chi connectivity index (χ3n) is 5.15. The number of nitrogens with one attached hydrogen (secondary N) is 2. The summed E-state index contributed by atoms with van der Waals surface area (Å²) >= 11 is 5.85. The van der Waals surface area contributed by atoms with Gasteiger partial charge in [-0.1, -0.05) is 68.8 Å². The molecule has 34 heavy (non-hydrogen) atoms. The van der Waals surface area contributed by atoms with Gasteiger partial charge in [-0.25, -0.2) is 0 Å². The zero-order valence-corrected chi connectivity index (χ0v) is 20.8. The third-order valence-corrected chi connectivity index (χ3v) is 6.69. The van der Waals surface area contributed by atoms with Crippen LogP contribution in [0.25, 0.3) is 0 Å². The fourth-order valence-electron chi connectivity index (χ4n) is 3.40. The first-order valence-electron chi connectivity index (χ1n) is 10.5. The molecule has 7 nitrogen and oxygen atoms in total. The van der Waals surface area contributed by atoms with Gasteiger partial charge < -0.3 is 5.11 Å². The molecule has 0 saturated heterocycles. The fourth-order valence-corrected chi connectivity index (χ4v) is 4.51. The standard InChI is InChI=1S/C25H26ClN3O4S/c1-16-21(25(2,3)4)15-14-20(22(16)30)24(31)28-27-23(17-8-6-5-7-9-17)29-34(32,33)19-12-10-18(26)11-13-19/h5-15,30H,1-4H3,(H,27,29)(H,28,31). The molecule has 0 bridgehead atoms. The van der Waals surface area contributed by atoms with E-state index in [9.17, 15) is 18.3 Å². The Morgan fingerprint density at radius 2 is 1.56 bits per heavy atom. The molecule has 0 heterocycles. The molecule has 0 spiro atoms. The minimum absolute atomic E-state index is 0.0472. The van der Waals surface area contributed by atoms with Crippen molar-refractivity contribution in [1.29, 1.82) is 0 Å². The smallest absolute Gasteiger partial charge is 0.284 e. The number of benzene rings is 3. The first-order chi connectivity index (χ1) is 15.9. The highest BCUT2D eigenvalue weighted by atomic mass is 35.5. The van der Waals surface area contributed by atoms with Crippen LogP contribution in [0, 0.1) is 6.92 Å². The Labute approximate surface area is 204 Å². The molecule has 0 atom stereocenters. The van der Waals surface area contributed by atoms with E-state index in [1.165, 1.54) is 30.3 Å². The monoisotopic (exact) mass is 499 g/mol. The minimum Gasteiger partial charge on any atom is -0.507 e. The maximum atomic E-state index is 12.8. The number of aromatic hydroxyl groups is 1. The van der Waals surface area contributed by atoms with Crippen molar-refractivity contribution >= 4 is 33.4 Å². The Morgan fingerprint density at radius 3 is 2.15 bits per heavy atom. The lowest BCUT2D eigenvalue weighted by Gasteiger charge is -2.23. The fraction of sp³-hybridized carbons (Fsp3) is 0.200. The molecule has 0 aliphatic rings. The average Bonchev–Trinajstić information content (AvgIpc) is 2.78. The van der Waals surface area contributed by atoms with Crippen molar-refractivity contribution < 1.29 is 18.3 Å². The number of carbonyl (C=O) groups excluding carboxylic acids is 1. The Balaban J connectivity index is 1.92. The Hall–Kier alpha value is -3.36. The molecule has 0 fully saturated rings. The van der Waals surface area contributed by atoms with Crippen LogP contribution in [-0.4, -0.2) is 25.3 Å². The van der Waals surface area contributed by atoms with Gasteiger partial charge in [0.25, 0.3) is 15.9 Å². The second-order valence-corrected chi connectivity index (χ2v) is 10.7. The van der Waals surface area contributed by atoms with Crippen LogP contribution in [0.2, 0.25) is 5.02 Å². The van der Waals surface area contributed by atoms with Gasteiger partial charge in [0.05, 0.1) is 10.5 Å². The summed E-state index contributed by atoms with van der Waals surface area (Å²) in [6.07, 6.45) is 0. The number of rotatable bonds is 4. The van der Waals surface area contributed by atoms with E-state index in [-0.39, 0.29) is 27.5 Å². The van der Waals surface area contributed by atoms with Gasteiger partial charge >= 0.3 is 0 Å². The predicted octanol–water partition coefficient (Wildman–Crippen LogP) is 4.72. The molecule has 0 saturated carbocycles. The van der Waals surface area contributed by atoms with E-state index in [2.05, 4.69) is 15.2 Å². The highest BCUT2D eigenvalue weighted by Crippen LogP contribution is 2.33. The molecule has 9 heteroatoms. The molecule has 3 N–H and O–H groups in total. The lowest BCUT2D eigenvalue weighted by molar-refractivity contribution is 0.0941. The van der Waals surface area contributed by atoms with E-state index >= 15 is 0 Å². The van der Waals surface area contributed by atoms with Crippen LogP contribution in [0.1, 0.15) is 47.8 Å². The number of carbonyl (C=O) groups is 1. The average molecular weight is 500 g/mol. The number of hydrogen-bond acceptors (Lipinski definition) is 4. The van der Waals surface area contributed by atoms with Gasteiger partial charge in [0.2, 0.25) is 0 Å². The zero-order valence-electron chi connectivity index (χ0n) is 19.3. The van der Waals surface area contributed by atoms with Gasteiger partial charge in [0.1, 0.15) is 5.75 Å². The second-order valence-electron chi connectivity index (χ2n) is 8.70. The number of amides is 1. The van der Waals surface area contributed by atoms with Crippen molar-refractivity contribution in [2.75, 3.05) is 0 Å². The van der Waals surface area contributed by atoms with Crippen molar-refractivity contribution in [3.8, 4) is 5.75 Å². The van der Waals surface area contributed by atoms with E-state index in [1.807, 2.05) is 20.8 Å². The minimum atomic E-state index is -4.11. The molecule has 1 amide bonds. The molecular weight excluding hydrogens is 474 g/mol. The van der Waals surface area contributed by atoms with Crippen LogP contribution in [0.5, 0.6) is 5.75 Å². The van der Waals surface area contributed by atoms with E-state index in [1.54, 1.807) is 43.3 Å². The van der Waals surface area contributed by atoms with Gasteiger partial charge in [-0.3, -0.25) is 15.6 Å². The van der Waals surface area contributed by atoms with Crippen LogP contribution in [0.15, 0.2) is 76.0 Å². The SMILES string of the molecule is Cc1c(C(C)(C)C)ccc(C(=O)NNC(=NS(=O)(=O)c2ccc(Cl)cc2)c2ccccc2)c1O. The van der Waals surface area contributed by atoms with E-state index in [0.717, 1.165) is 5.56 Å².